The van der Waals surface area contributed by atoms with Crippen LogP contribution < -0.4 is 0 Å². The van der Waals surface area contributed by atoms with Gasteiger partial charge in [0, 0.05) is 20.1 Å². The van der Waals surface area contributed by atoms with Crippen molar-refractivity contribution in [3.8, 4) is 0 Å². The van der Waals surface area contributed by atoms with E-state index in [1.54, 1.807) is 0 Å². The quantitative estimate of drug-likeness (QED) is 0.706. The molecule has 2 heterocycles. The van der Waals surface area contributed by atoms with E-state index in [0.717, 1.165) is 0 Å². The molecule has 8 nitrogen and oxygen atoms in total. The molecule has 2 rings (SSSR count). The number of rotatable bonds is 3. The van der Waals surface area contributed by atoms with Crippen molar-refractivity contribution in [2.75, 3.05) is 20.2 Å². The van der Waals surface area contributed by atoms with Gasteiger partial charge in [0.05, 0.1) is 13.0 Å². The fourth-order valence-electron chi connectivity index (χ4n) is 2.22. The van der Waals surface area contributed by atoms with E-state index in [0.29, 0.717) is 12.8 Å². The van der Waals surface area contributed by atoms with Crippen molar-refractivity contribution in [1.82, 2.24) is 19.3 Å². The average molecular weight is 367 g/mol. The number of nitrogens with zero attached hydrogens (tertiary/aromatic N) is 4. The van der Waals surface area contributed by atoms with Gasteiger partial charge in [-0.2, -0.15) is 4.31 Å². The molecular formula is C10H15BrN4O4S. The predicted molar refractivity (Wildman–Crippen MR) is 72.2 cm³/mol. The van der Waals surface area contributed by atoms with E-state index in [2.05, 4.69) is 31.0 Å². The molecule has 0 saturated carbocycles. The Morgan fingerprint density at radius 1 is 1.40 bits per heavy atom. The minimum atomic E-state index is -3.66. The van der Waals surface area contributed by atoms with Gasteiger partial charge >= 0.3 is 5.97 Å². The summed E-state index contributed by atoms with van der Waals surface area (Å²) in [6, 6.07) is 0. The second-order valence-electron chi connectivity index (χ2n) is 4.51. The van der Waals surface area contributed by atoms with Crippen LogP contribution in [0.25, 0.3) is 0 Å². The first-order valence-corrected chi connectivity index (χ1v) is 8.24. The molecule has 112 valence electrons. The lowest BCUT2D eigenvalue weighted by Gasteiger charge is -2.29. The molecule has 0 radical (unpaired) electrons. The SMILES string of the molecule is COC(=O)C1CCN(S(=O)(=O)c2c(Br)nnn2C)CC1. The number of esters is 1. The first-order valence-electron chi connectivity index (χ1n) is 6.01. The molecule has 0 N–H and O–H groups in total. The van der Waals surface area contributed by atoms with Crippen LogP contribution >= 0.6 is 15.9 Å². The minimum Gasteiger partial charge on any atom is -0.469 e. The van der Waals surface area contributed by atoms with Crippen molar-refractivity contribution in [1.29, 1.82) is 0 Å². The van der Waals surface area contributed by atoms with Gasteiger partial charge in [-0.3, -0.25) is 4.79 Å². The summed E-state index contributed by atoms with van der Waals surface area (Å²) < 4.78 is 32.5. The molecule has 1 aromatic heterocycles. The van der Waals surface area contributed by atoms with E-state index in [1.165, 1.54) is 23.1 Å². The van der Waals surface area contributed by atoms with Crippen LogP contribution in [0.5, 0.6) is 0 Å². The zero-order chi connectivity index (χ0) is 14.9. The third-order valence-electron chi connectivity index (χ3n) is 3.31. The summed E-state index contributed by atoms with van der Waals surface area (Å²) in [5, 5.41) is 7.38. The number of sulfonamides is 1. The highest BCUT2D eigenvalue weighted by Gasteiger charge is 2.35. The van der Waals surface area contributed by atoms with Gasteiger partial charge in [-0.25, -0.2) is 13.1 Å². The molecule has 1 aliphatic rings. The number of carbonyl (C=O) groups excluding carboxylic acids is 1. The van der Waals surface area contributed by atoms with Gasteiger partial charge in [0.1, 0.15) is 0 Å². The fourth-order valence-corrected chi connectivity index (χ4v) is 4.72. The summed E-state index contributed by atoms with van der Waals surface area (Å²) in [6.45, 7) is 0.555. The first-order chi connectivity index (χ1) is 9.37. The topological polar surface area (TPSA) is 94.4 Å². The summed E-state index contributed by atoms with van der Waals surface area (Å²) in [6.07, 6.45) is 0.906. The van der Waals surface area contributed by atoms with Gasteiger partial charge in [0.2, 0.25) is 5.03 Å². The number of hydrogen-bond acceptors (Lipinski definition) is 6. The zero-order valence-corrected chi connectivity index (χ0v) is 13.5. The molecule has 0 spiro atoms. The van der Waals surface area contributed by atoms with E-state index in [1.807, 2.05) is 0 Å². The molecule has 0 aromatic carbocycles. The molecule has 1 saturated heterocycles. The van der Waals surface area contributed by atoms with Gasteiger partial charge in [-0.15, -0.1) is 5.10 Å². The summed E-state index contributed by atoms with van der Waals surface area (Å²) in [7, 11) is -0.807. The lowest BCUT2D eigenvalue weighted by molar-refractivity contribution is -0.146. The highest BCUT2D eigenvalue weighted by molar-refractivity contribution is 9.10. The average Bonchev–Trinajstić information content (AvgIpc) is 2.78. The van der Waals surface area contributed by atoms with E-state index >= 15 is 0 Å². The first kappa shape index (κ1) is 15.4. The maximum absolute atomic E-state index is 12.5. The number of aryl methyl sites for hydroxylation is 1. The third kappa shape index (κ3) is 2.72. The van der Waals surface area contributed by atoms with E-state index < -0.39 is 10.0 Å². The van der Waals surface area contributed by atoms with E-state index in [4.69, 9.17) is 0 Å². The summed E-state index contributed by atoms with van der Waals surface area (Å²) >= 11 is 3.09. The number of aromatic nitrogens is 3. The summed E-state index contributed by atoms with van der Waals surface area (Å²) in [5.74, 6) is -0.523. The number of piperidine rings is 1. The molecule has 0 unspecified atom stereocenters. The lowest BCUT2D eigenvalue weighted by atomic mass is 9.99. The summed E-state index contributed by atoms with van der Waals surface area (Å²) in [4.78, 5) is 11.4. The smallest absolute Gasteiger partial charge is 0.308 e. The molecule has 0 aliphatic carbocycles. The molecule has 20 heavy (non-hydrogen) atoms. The molecule has 0 atom stereocenters. The van der Waals surface area contributed by atoms with Crippen LogP contribution in [-0.2, 0) is 26.6 Å². The number of methoxy groups -OCH3 is 1. The van der Waals surface area contributed by atoms with Gasteiger partial charge < -0.3 is 4.74 Å². The van der Waals surface area contributed by atoms with Crippen LogP contribution in [0.2, 0.25) is 0 Å². The van der Waals surface area contributed by atoms with Crippen molar-refractivity contribution in [3.63, 3.8) is 0 Å². The third-order valence-corrected chi connectivity index (χ3v) is 6.10. The molecule has 0 bridgehead atoms. The van der Waals surface area contributed by atoms with Crippen molar-refractivity contribution in [2.45, 2.75) is 17.9 Å². The maximum atomic E-state index is 12.5. The van der Waals surface area contributed by atoms with Crippen molar-refractivity contribution < 1.29 is 17.9 Å². The number of ether oxygens (including phenoxy) is 1. The Bertz CT molecular complexity index is 587. The van der Waals surface area contributed by atoms with Crippen LogP contribution in [0.4, 0.5) is 0 Å². The Hall–Kier alpha value is -1.00. The summed E-state index contributed by atoms with van der Waals surface area (Å²) in [5.41, 5.74) is 0. The largest absolute Gasteiger partial charge is 0.469 e. The van der Waals surface area contributed by atoms with Crippen molar-refractivity contribution in [2.24, 2.45) is 13.0 Å². The maximum Gasteiger partial charge on any atom is 0.308 e. The molecule has 10 heteroatoms. The van der Waals surface area contributed by atoms with E-state index in [9.17, 15) is 13.2 Å². The Labute approximate surface area is 125 Å². The predicted octanol–water partition coefficient (Wildman–Crippen LogP) is 0.151. The Balaban J connectivity index is 2.16. The van der Waals surface area contributed by atoms with Gasteiger partial charge in [-0.05, 0) is 28.8 Å². The molecule has 1 aliphatic heterocycles. The van der Waals surface area contributed by atoms with Crippen LogP contribution in [0, 0.1) is 5.92 Å². The number of halogens is 1. The lowest BCUT2D eigenvalue weighted by Crippen LogP contribution is -2.41. The van der Waals surface area contributed by atoms with E-state index in [-0.39, 0.29) is 34.6 Å². The minimum absolute atomic E-state index is 0.0222. The fraction of sp³-hybridized carbons (Fsp3) is 0.700. The van der Waals surface area contributed by atoms with Gasteiger partial charge in [0.15, 0.2) is 4.60 Å². The van der Waals surface area contributed by atoms with Crippen LogP contribution in [0.3, 0.4) is 0 Å². The molecule has 0 amide bonds. The van der Waals surface area contributed by atoms with Crippen molar-refractivity contribution in [3.05, 3.63) is 4.60 Å². The number of hydrogen-bond donors (Lipinski definition) is 0. The second kappa shape index (κ2) is 5.78. The monoisotopic (exact) mass is 366 g/mol. The van der Waals surface area contributed by atoms with Crippen LogP contribution in [0.15, 0.2) is 9.63 Å². The standard InChI is InChI=1S/C10H15BrN4O4S/c1-14-9(8(11)12-13-14)20(17,18)15-5-3-7(4-6-15)10(16)19-2/h7H,3-6H2,1-2H3. The van der Waals surface area contributed by atoms with Gasteiger partial charge in [0.25, 0.3) is 10.0 Å². The number of carbonyl (C=O) groups is 1. The van der Waals surface area contributed by atoms with Gasteiger partial charge in [-0.1, -0.05) is 5.21 Å². The Kier molecular flexibility index (Phi) is 4.45. The highest BCUT2D eigenvalue weighted by atomic mass is 79.9. The highest BCUT2D eigenvalue weighted by Crippen LogP contribution is 2.27. The van der Waals surface area contributed by atoms with Crippen LogP contribution in [-0.4, -0.2) is 53.9 Å². The van der Waals surface area contributed by atoms with Crippen LogP contribution in [0.1, 0.15) is 12.8 Å². The molecule has 1 fully saturated rings. The normalized spacial score (nSPS) is 18.1. The zero-order valence-electron chi connectivity index (χ0n) is 11.1. The second-order valence-corrected chi connectivity index (χ2v) is 7.11. The Morgan fingerprint density at radius 3 is 2.45 bits per heavy atom. The molecule has 1 aromatic rings. The Morgan fingerprint density at radius 2 is 2.00 bits per heavy atom. The van der Waals surface area contributed by atoms with Crippen molar-refractivity contribution >= 4 is 31.9 Å². The molecular weight excluding hydrogens is 352 g/mol.